The van der Waals surface area contributed by atoms with Gasteiger partial charge in [-0.1, -0.05) is 17.3 Å². The van der Waals surface area contributed by atoms with Crippen LogP contribution in [0, 0.1) is 6.92 Å². The summed E-state index contributed by atoms with van der Waals surface area (Å²) in [5, 5.41) is 8.32. The molecule has 0 aliphatic carbocycles. The van der Waals surface area contributed by atoms with Crippen LogP contribution in [0.5, 0.6) is 5.75 Å². The maximum absolute atomic E-state index is 12.8. The van der Waals surface area contributed by atoms with E-state index in [-0.39, 0.29) is 19.1 Å². The molecule has 1 amide bonds. The summed E-state index contributed by atoms with van der Waals surface area (Å²) in [4.78, 5) is 19.7. The van der Waals surface area contributed by atoms with Crippen molar-refractivity contribution in [1.82, 2.24) is 4.90 Å². The van der Waals surface area contributed by atoms with Crippen molar-refractivity contribution in [2.24, 2.45) is 5.16 Å². The second-order valence-corrected chi connectivity index (χ2v) is 9.36. The van der Waals surface area contributed by atoms with Gasteiger partial charge in [0.1, 0.15) is 12.4 Å². The number of alkyl halides is 3. The van der Waals surface area contributed by atoms with Crippen molar-refractivity contribution in [3.63, 3.8) is 0 Å². The molecule has 0 N–H and O–H groups in total. The molecule has 2 aromatic carbocycles. The standard InChI is InChI=1S/C27H27F3N2O4S/c1-19-14-22(4-7-25(19)35-17-26(33)32-9-11-34-12-10-32)24(15-21-8-13-37-18-21)31-36-16-20-2-5-23(6-3-20)27(28,29)30/h2-8,13-14,18H,9-12,15-17H2,1H3. The minimum absolute atomic E-state index is 0.0368. The molecule has 0 bridgehead atoms. The number of ether oxygens (including phenoxy) is 2. The predicted octanol–water partition coefficient (Wildman–Crippen LogP) is 5.48. The number of carbonyl (C=O) groups excluding carboxylic acids is 1. The van der Waals surface area contributed by atoms with Crippen LogP contribution in [-0.2, 0) is 33.6 Å². The number of aryl methyl sites for hydroxylation is 1. The number of nitrogens with zero attached hydrogens (tertiary/aromatic N) is 2. The minimum Gasteiger partial charge on any atom is -0.483 e. The van der Waals surface area contributed by atoms with Crippen LogP contribution >= 0.6 is 11.3 Å². The number of benzene rings is 2. The highest BCUT2D eigenvalue weighted by Gasteiger charge is 2.29. The van der Waals surface area contributed by atoms with Crippen LogP contribution in [0.2, 0.25) is 0 Å². The number of rotatable bonds is 9. The van der Waals surface area contributed by atoms with Crippen LogP contribution < -0.4 is 4.74 Å². The fourth-order valence-electron chi connectivity index (χ4n) is 3.78. The molecule has 0 unspecified atom stereocenters. The highest BCUT2D eigenvalue weighted by molar-refractivity contribution is 7.08. The van der Waals surface area contributed by atoms with Gasteiger partial charge in [0.25, 0.3) is 5.91 Å². The first-order chi connectivity index (χ1) is 17.8. The largest absolute Gasteiger partial charge is 0.483 e. The Balaban J connectivity index is 1.43. The van der Waals surface area contributed by atoms with E-state index in [2.05, 4.69) is 5.16 Å². The lowest BCUT2D eigenvalue weighted by molar-refractivity contribution is -0.138. The van der Waals surface area contributed by atoms with Crippen LogP contribution in [0.3, 0.4) is 0 Å². The van der Waals surface area contributed by atoms with Crippen molar-refractivity contribution < 1.29 is 32.3 Å². The van der Waals surface area contributed by atoms with E-state index in [9.17, 15) is 18.0 Å². The summed E-state index contributed by atoms with van der Waals surface area (Å²) >= 11 is 1.58. The highest BCUT2D eigenvalue weighted by atomic mass is 32.1. The molecule has 2 heterocycles. The molecule has 1 aliphatic rings. The number of amides is 1. The van der Waals surface area contributed by atoms with Crippen LogP contribution in [0.15, 0.2) is 64.4 Å². The van der Waals surface area contributed by atoms with Gasteiger partial charge in [-0.05, 0) is 70.8 Å². The Labute approximate surface area is 217 Å². The van der Waals surface area contributed by atoms with Crippen molar-refractivity contribution in [2.75, 3.05) is 32.9 Å². The van der Waals surface area contributed by atoms with E-state index in [0.717, 1.165) is 28.8 Å². The van der Waals surface area contributed by atoms with E-state index in [0.29, 0.717) is 49.7 Å². The Morgan fingerprint density at radius 2 is 1.84 bits per heavy atom. The van der Waals surface area contributed by atoms with Gasteiger partial charge in [0, 0.05) is 25.1 Å². The first-order valence-corrected chi connectivity index (χ1v) is 12.7. The molecule has 0 spiro atoms. The normalized spacial score (nSPS) is 14.5. The van der Waals surface area contributed by atoms with Crippen molar-refractivity contribution in [3.05, 3.63) is 87.1 Å². The Morgan fingerprint density at radius 3 is 2.49 bits per heavy atom. The molecule has 1 aromatic heterocycles. The summed E-state index contributed by atoms with van der Waals surface area (Å²) in [5.74, 6) is 0.522. The number of hydrogen-bond donors (Lipinski definition) is 0. The van der Waals surface area contributed by atoms with Crippen LogP contribution in [0.4, 0.5) is 13.2 Å². The lowest BCUT2D eigenvalue weighted by Gasteiger charge is -2.26. The second-order valence-electron chi connectivity index (χ2n) is 8.58. The van der Waals surface area contributed by atoms with Crippen molar-refractivity contribution in [2.45, 2.75) is 26.1 Å². The smallest absolute Gasteiger partial charge is 0.416 e. The monoisotopic (exact) mass is 532 g/mol. The fraction of sp³-hybridized carbons (Fsp3) is 0.333. The van der Waals surface area contributed by atoms with Gasteiger partial charge >= 0.3 is 6.18 Å². The van der Waals surface area contributed by atoms with E-state index in [4.69, 9.17) is 14.3 Å². The Morgan fingerprint density at radius 1 is 1.08 bits per heavy atom. The first-order valence-electron chi connectivity index (χ1n) is 11.7. The molecule has 0 saturated carbocycles. The van der Waals surface area contributed by atoms with E-state index in [1.54, 1.807) is 22.3 Å². The van der Waals surface area contributed by atoms with Gasteiger partial charge in [-0.25, -0.2) is 0 Å². The van der Waals surface area contributed by atoms with Gasteiger partial charge in [-0.3, -0.25) is 4.79 Å². The minimum atomic E-state index is -4.38. The summed E-state index contributed by atoms with van der Waals surface area (Å²) < 4.78 is 49.4. The number of hydrogen-bond acceptors (Lipinski definition) is 6. The van der Waals surface area contributed by atoms with Crippen molar-refractivity contribution in [1.29, 1.82) is 0 Å². The maximum atomic E-state index is 12.8. The van der Waals surface area contributed by atoms with Crippen molar-refractivity contribution in [3.8, 4) is 5.75 Å². The zero-order chi connectivity index (χ0) is 26.3. The lowest BCUT2D eigenvalue weighted by Crippen LogP contribution is -2.43. The average Bonchev–Trinajstić information content (AvgIpc) is 3.41. The zero-order valence-electron chi connectivity index (χ0n) is 20.3. The second kappa shape index (κ2) is 12.2. The third kappa shape index (κ3) is 7.56. The van der Waals surface area contributed by atoms with Gasteiger partial charge in [0.15, 0.2) is 6.61 Å². The molecule has 1 aliphatic heterocycles. The lowest BCUT2D eigenvalue weighted by atomic mass is 10.0. The molecule has 37 heavy (non-hydrogen) atoms. The summed E-state index contributed by atoms with van der Waals surface area (Å²) in [5.41, 5.74) is 3.27. The molecule has 0 radical (unpaired) electrons. The number of thiophene rings is 1. The van der Waals surface area contributed by atoms with Crippen LogP contribution in [-0.4, -0.2) is 49.4 Å². The van der Waals surface area contributed by atoms with E-state index < -0.39 is 11.7 Å². The molecule has 6 nitrogen and oxygen atoms in total. The molecule has 0 atom stereocenters. The zero-order valence-corrected chi connectivity index (χ0v) is 21.1. The SMILES string of the molecule is Cc1cc(C(Cc2ccsc2)=NOCc2ccc(C(F)(F)F)cc2)ccc1OCC(=O)N1CCOCC1. The molecule has 4 rings (SSSR count). The highest BCUT2D eigenvalue weighted by Crippen LogP contribution is 2.29. The molecular formula is C27H27F3N2O4S. The maximum Gasteiger partial charge on any atom is 0.416 e. The summed E-state index contributed by atoms with van der Waals surface area (Å²) in [6.45, 7) is 4.08. The summed E-state index contributed by atoms with van der Waals surface area (Å²) in [7, 11) is 0. The summed E-state index contributed by atoms with van der Waals surface area (Å²) in [6, 6.07) is 12.4. The van der Waals surface area contributed by atoms with Gasteiger partial charge in [0.2, 0.25) is 0 Å². The third-order valence-corrected chi connectivity index (χ3v) is 6.59. The van der Waals surface area contributed by atoms with E-state index >= 15 is 0 Å². The molecule has 10 heteroatoms. The van der Waals surface area contributed by atoms with Gasteiger partial charge in [-0.2, -0.15) is 24.5 Å². The summed E-state index contributed by atoms with van der Waals surface area (Å²) in [6.07, 6.45) is -3.86. The first kappa shape index (κ1) is 26.7. The van der Waals surface area contributed by atoms with Crippen LogP contribution in [0.1, 0.15) is 27.8 Å². The number of carbonyl (C=O) groups is 1. The number of oxime groups is 1. The van der Waals surface area contributed by atoms with Gasteiger partial charge < -0.3 is 19.2 Å². The molecule has 1 fully saturated rings. The predicted molar refractivity (Wildman–Crippen MR) is 135 cm³/mol. The molecule has 1 saturated heterocycles. The molecule has 196 valence electrons. The van der Waals surface area contributed by atoms with Crippen molar-refractivity contribution >= 4 is 23.0 Å². The Bertz CT molecular complexity index is 1210. The number of morpholine rings is 1. The van der Waals surface area contributed by atoms with Crippen LogP contribution in [0.25, 0.3) is 0 Å². The molecular weight excluding hydrogens is 505 g/mol. The topological polar surface area (TPSA) is 60.4 Å². The van der Waals surface area contributed by atoms with E-state index in [1.807, 2.05) is 35.9 Å². The quantitative estimate of drug-likeness (QED) is 0.271. The Hall–Kier alpha value is -3.37. The average molecular weight is 533 g/mol. The number of halogens is 3. The van der Waals surface area contributed by atoms with E-state index in [1.165, 1.54) is 12.1 Å². The Kier molecular flexibility index (Phi) is 8.83. The van der Waals surface area contributed by atoms with Gasteiger partial charge in [-0.15, -0.1) is 0 Å². The third-order valence-electron chi connectivity index (χ3n) is 5.86. The molecule has 3 aromatic rings. The fourth-order valence-corrected chi connectivity index (χ4v) is 4.45. The van der Waals surface area contributed by atoms with Gasteiger partial charge in [0.05, 0.1) is 24.5 Å².